The van der Waals surface area contributed by atoms with E-state index >= 15 is 0 Å². The van der Waals surface area contributed by atoms with Gasteiger partial charge >= 0.3 is 0 Å². The van der Waals surface area contributed by atoms with Gasteiger partial charge in [0.25, 0.3) is 5.91 Å². The van der Waals surface area contributed by atoms with Gasteiger partial charge in [-0.25, -0.2) is 0 Å². The van der Waals surface area contributed by atoms with E-state index in [1.165, 1.54) is 5.56 Å². The van der Waals surface area contributed by atoms with E-state index in [4.69, 9.17) is 0 Å². The molecule has 5 aromatic rings. The number of anilines is 1. The number of rotatable bonds is 6. The lowest BCUT2D eigenvalue weighted by Crippen LogP contribution is -2.17. The highest BCUT2D eigenvalue weighted by molar-refractivity contribution is 6.11. The van der Waals surface area contributed by atoms with Gasteiger partial charge in [-0.1, -0.05) is 50.2 Å². The van der Waals surface area contributed by atoms with Crippen LogP contribution in [0.25, 0.3) is 22.0 Å². The third-order valence-electron chi connectivity index (χ3n) is 5.53. The summed E-state index contributed by atoms with van der Waals surface area (Å²) in [5.74, 6) is 0.0493. The fourth-order valence-corrected chi connectivity index (χ4v) is 4.02. The highest BCUT2D eigenvalue weighted by Gasteiger charge is 2.20. The lowest BCUT2D eigenvalue weighted by Gasteiger charge is -2.21. The zero-order valence-corrected chi connectivity index (χ0v) is 17.8. The van der Waals surface area contributed by atoms with Crippen LogP contribution in [0.15, 0.2) is 73.3 Å². The second kappa shape index (κ2) is 8.14. The summed E-state index contributed by atoms with van der Waals surface area (Å²) in [6, 6.07) is 16.1. The van der Waals surface area contributed by atoms with Crippen LogP contribution >= 0.6 is 0 Å². The Morgan fingerprint density at radius 2 is 1.91 bits per heavy atom. The average Bonchev–Trinajstić information content (AvgIpc) is 3.55. The van der Waals surface area contributed by atoms with Crippen LogP contribution in [0.5, 0.6) is 0 Å². The SMILES string of the molecule is CC(C)C(c1ccccc1)n1cc(NC(=O)c2n[nH]c3cc(-c4cn[nH]c4)ccc23)cn1. The van der Waals surface area contributed by atoms with Crippen molar-refractivity contribution in [1.29, 1.82) is 0 Å². The molecule has 3 aromatic heterocycles. The second-order valence-corrected chi connectivity index (χ2v) is 8.08. The van der Waals surface area contributed by atoms with Crippen LogP contribution in [0.3, 0.4) is 0 Å². The number of benzene rings is 2. The zero-order valence-electron chi connectivity index (χ0n) is 17.8. The summed E-state index contributed by atoms with van der Waals surface area (Å²) in [7, 11) is 0. The minimum absolute atomic E-state index is 0.0782. The molecular formula is C24H23N7O. The quantitative estimate of drug-likeness (QED) is 0.368. The van der Waals surface area contributed by atoms with E-state index in [0.717, 1.165) is 22.0 Å². The van der Waals surface area contributed by atoms with E-state index in [0.29, 0.717) is 17.3 Å². The standard InChI is InChI=1S/C24H23N7O/c1-15(2)23(16-6-4-3-5-7-16)31-14-19(13-27-31)28-24(32)22-20-9-8-17(10-21(20)29-30-22)18-11-25-26-12-18/h3-15,23H,1-2H3,(H,25,26)(H,28,32)(H,29,30). The van der Waals surface area contributed by atoms with Gasteiger partial charge in [0.05, 0.1) is 29.6 Å². The maximum Gasteiger partial charge on any atom is 0.276 e. The van der Waals surface area contributed by atoms with Crippen LogP contribution < -0.4 is 5.32 Å². The van der Waals surface area contributed by atoms with Crippen molar-refractivity contribution in [2.24, 2.45) is 5.92 Å². The molecule has 1 amide bonds. The first kappa shape index (κ1) is 19.7. The van der Waals surface area contributed by atoms with Crippen molar-refractivity contribution in [2.75, 3.05) is 5.32 Å². The minimum atomic E-state index is -0.285. The molecule has 3 heterocycles. The first-order valence-corrected chi connectivity index (χ1v) is 10.5. The molecule has 0 saturated carbocycles. The molecule has 8 nitrogen and oxygen atoms in total. The summed E-state index contributed by atoms with van der Waals surface area (Å²) in [4.78, 5) is 12.9. The molecule has 5 rings (SSSR count). The summed E-state index contributed by atoms with van der Waals surface area (Å²) < 4.78 is 1.90. The Hall–Kier alpha value is -4.20. The molecule has 2 aromatic carbocycles. The third kappa shape index (κ3) is 3.66. The summed E-state index contributed by atoms with van der Waals surface area (Å²) in [6.45, 7) is 4.32. The molecule has 3 N–H and O–H groups in total. The number of carbonyl (C=O) groups excluding carboxylic acids is 1. The van der Waals surface area contributed by atoms with Crippen molar-refractivity contribution in [3.8, 4) is 11.1 Å². The van der Waals surface area contributed by atoms with Crippen LogP contribution in [0, 0.1) is 5.92 Å². The summed E-state index contributed by atoms with van der Waals surface area (Å²) >= 11 is 0. The normalized spacial score (nSPS) is 12.3. The smallest absolute Gasteiger partial charge is 0.276 e. The van der Waals surface area contributed by atoms with Gasteiger partial charge < -0.3 is 5.32 Å². The molecule has 0 aliphatic rings. The third-order valence-corrected chi connectivity index (χ3v) is 5.53. The van der Waals surface area contributed by atoms with E-state index in [9.17, 15) is 4.79 Å². The van der Waals surface area contributed by atoms with Gasteiger partial charge in [0.15, 0.2) is 5.69 Å². The molecule has 0 radical (unpaired) electrons. The van der Waals surface area contributed by atoms with Crippen LogP contribution in [0.1, 0.15) is 35.9 Å². The minimum Gasteiger partial charge on any atom is -0.318 e. The number of hydrogen-bond acceptors (Lipinski definition) is 4. The Morgan fingerprint density at radius 1 is 1.06 bits per heavy atom. The largest absolute Gasteiger partial charge is 0.318 e. The van der Waals surface area contributed by atoms with E-state index in [1.54, 1.807) is 12.4 Å². The number of H-pyrrole nitrogens is 2. The fraction of sp³-hybridized carbons (Fsp3) is 0.167. The molecule has 32 heavy (non-hydrogen) atoms. The topological polar surface area (TPSA) is 104 Å². The number of nitrogens with zero attached hydrogens (tertiary/aromatic N) is 4. The molecule has 0 spiro atoms. The van der Waals surface area contributed by atoms with Crippen LogP contribution in [-0.4, -0.2) is 36.1 Å². The Bertz CT molecular complexity index is 1350. The lowest BCUT2D eigenvalue weighted by atomic mass is 9.96. The Balaban J connectivity index is 1.38. The van der Waals surface area contributed by atoms with Crippen molar-refractivity contribution < 1.29 is 4.79 Å². The maximum atomic E-state index is 12.9. The van der Waals surface area contributed by atoms with Crippen molar-refractivity contribution in [3.05, 3.63) is 84.6 Å². The number of carbonyl (C=O) groups is 1. The number of amides is 1. The molecule has 1 atom stereocenters. The number of aromatic amines is 2. The zero-order chi connectivity index (χ0) is 22.1. The predicted octanol–water partition coefficient (Wildman–Crippen LogP) is 4.65. The van der Waals surface area contributed by atoms with Gasteiger partial charge in [0.2, 0.25) is 0 Å². The first-order chi connectivity index (χ1) is 15.6. The first-order valence-electron chi connectivity index (χ1n) is 10.5. The molecular weight excluding hydrogens is 402 g/mol. The number of hydrogen-bond donors (Lipinski definition) is 3. The van der Waals surface area contributed by atoms with E-state index < -0.39 is 0 Å². The van der Waals surface area contributed by atoms with Gasteiger partial charge in [-0.2, -0.15) is 15.3 Å². The molecule has 1 unspecified atom stereocenters. The van der Waals surface area contributed by atoms with E-state index in [2.05, 4.69) is 56.8 Å². The van der Waals surface area contributed by atoms with Gasteiger partial charge in [-0.3, -0.25) is 19.7 Å². The number of nitrogens with one attached hydrogen (secondary N) is 3. The maximum absolute atomic E-state index is 12.9. The summed E-state index contributed by atoms with van der Waals surface area (Å²) in [5.41, 5.74) is 4.89. The molecule has 0 aliphatic carbocycles. The second-order valence-electron chi connectivity index (χ2n) is 8.08. The molecule has 0 fully saturated rings. The van der Waals surface area contributed by atoms with Gasteiger partial charge in [0, 0.05) is 23.3 Å². The van der Waals surface area contributed by atoms with Crippen molar-refractivity contribution in [2.45, 2.75) is 19.9 Å². The molecule has 8 heteroatoms. The Kier molecular flexibility index (Phi) is 5.03. The lowest BCUT2D eigenvalue weighted by molar-refractivity contribution is 0.102. The van der Waals surface area contributed by atoms with Crippen molar-refractivity contribution in [1.82, 2.24) is 30.2 Å². The molecule has 0 saturated heterocycles. The average molecular weight is 425 g/mol. The fourth-order valence-electron chi connectivity index (χ4n) is 4.02. The van der Waals surface area contributed by atoms with Crippen LogP contribution in [0.4, 0.5) is 5.69 Å². The highest BCUT2D eigenvalue weighted by Crippen LogP contribution is 2.28. The van der Waals surface area contributed by atoms with Gasteiger partial charge in [0.1, 0.15) is 0 Å². The van der Waals surface area contributed by atoms with Gasteiger partial charge in [-0.15, -0.1) is 0 Å². The Morgan fingerprint density at radius 3 is 2.66 bits per heavy atom. The van der Waals surface area contributed by atoms with Crippen LogP contribution in [0.2, 0.25) is 0 Å². The predicted molar refractivity (Wildman–Crippen MR) is 123 cm³/mol. The van der Waals surface area contributed by atoms with E-state index in [-0.39, 0.29) is 11.9 Å². The van der Waals surface area contributed by atoms with Crippen molar-refractivity contribution >= 4 is 22.5 Å². The van der Waals surface area contributed by atoms with Gasteiger partial charge in [-0.05, 0) is 29.2 Å². The van der Waals surface area contributed by atoms with Crippen LogP contribution in [-0.2, 0) is 0 Å². The molecule has 160 valence electrons. The molecule has 0 bridgehead atoms. The Labute approximate surface area is 184 Å². The summed E-state index contributed by atoms with van der Waals surface area (Å²) in [5, 5.41) is 22.2. The summed E-state index contributed by atoms with van der Waals surface area (Å²) in [6.07, 6.45) is 7.11. The molecule has 0 aliphatic heterocycles. The van der Waals surface area contributed by atoms with E-state index in [1.807, 2.05) is 53.5 Å². The number of fused-ring (bicyclic) bond motifs is 1. The van der Waals surface area contributed by atoms with Crippen molar-refractivity contribution in [3.63, 3.8) is 0 Å². The number of aromatic nitrogens is 6. The highest BCUT2D eigenvalue weighted by atomic mass is 16.2. The monoisotopic (exact) mass is 425 g/mol.